The Balaban J connectivity index is 1.65. The normalized spacial score (nSPS) is 16.3. The Labute approximate surface area is 113 Å². The van der Waals surface area contributed by atoms with E-state index in [0.717, 1.165) is 19.6 Å². The largest absolute Gasteiger partial charge is 0.484 e. The summed E-state index contributed by atoms with van der Waals surface area (Å²) in [7, 11) is 1.58. The molecule has 0 amide bonds. The lowest BCUT2D eigenvalue weighted by molar-refractivity contribution is 0.117. The highest BCUT2D eigenvalue weighted by Crippen LogP contribution is 2.22. The number of hydrogen-bond donors (Lipinski definition) is 1. The van der Waals surface area contributed by atoms with E-state index in [-0.39, 0.29) is 5.92 Å². The molecule has 19 heavy (non-hydrogen) atoms. The molecule has 2 aromatic rings. The second-order valence-corrected chi connectivity index (χ2v) is 5.14. The molecule has 2 aromatic carbocycles. The van der Waals surface area contributed by atoms with Crippen LogP contribution in [0.5, 0.6) is 0 Å². The smallest absolute Gasteiger partial charge is 0.185 e. The summed E-state index contributed by atoms with van der Waals surface area (Å²) in [6.45, 7) is 2.82. The van der Waals surface area contributed by atoms with Crippen LogP contribution in [0.1, 0.15) is 5.56 Å². The van der Waals surface area contributed by atoms with Crippen LogP contribution >= 0.6 is 0 Å². The fraction of sp³-hybridized carbons (Fsp3) is 0.312. The molecule has 1 fully saturated rings. The van der Waals surface area contributed by atoms with Crippen molar-refractivity contribution in [2.24, 2.45) is 5.92 Å². The Bertz CT molecular complexity index is 602. The average Bonchev–Trinajstić information content (AvgIpc) is 2.41. The van der Waals surface area contributed by atoms with Crippen LogP contribution in [0.3, 0.4) is 0 Å². The SMILES string of the molecule is COC(=N)C1CN(Cc2ccc3ccccc3c2)C1. The van der Waals surface area contributed by atoms with Gasteiger partial charge in [0.2, 0.25) is 0 Å². The minimum atomic E-state index is 0.283. The predicted octanol–water partition coefficient (Wildman–Crippen LogP) is 2.90. The zero-order valence-corrected chi connectivity index (χ0v) is 11.1. The molecular formula is C16H18N2O. The summed E-state index contributed by atoms with van der Waals surface area (Å²) in [5.41, 5.74) is 1.33. The Morgan fingerprint density at radius 2 is 1.95 bits per heavy atom. The van der Waals surface area contributed by atoms with Gasteiger partial charge in [-0.05, 0) is 22.4 Å². The maximum absolute atomic E-state index is 7.62. The van der Waals surface area contributed by atoms with E-state index in [4.69, 9.17) is 10.1 Å². The number of methoxy groups -OCH3 is 1. The molecular weight excluding hydrogens is 236 g/mol. The molecule has 0 bridgehead atoms. The standard InChI is InChI=1S/C16H18N2O/c1-19-16(17)15-10-18(11-15)9-12-6-7-13-4-2-3-5-14(13)8-12/h2-8,15,17H,9-11H2,1H3. The number of hydrogen-bond acceptors (Lipinski definition) is 3. The van der Waals surface area contributed by atoms with Gasteiger partial charge in [0.1, 0.15) is 0 Å². The lowest BCUT2D eigenvalue weighted by Gasteiger charge is -2.38. The van der Waals surface area contributed by atoms with Gasteiger partial charge in [0.25, 0.3) is 0 Å². The van der Waals surface area contributed by atoms with Crippen LogP contribution < -0.4 is 0 Å². The molecule has 0 atom stereocenters. The molecule has 3 heteroatoms. The molecule has 0 saturated carbocycles. The van der Waals surface area contributed by atoms with Crippen LogP contribution in [0.2, 0.25) is 0 Å². The maximum Gasteiger partial charge on any atom is 0.185 e. The molecule has 0 aliphatic carbocycles. The first kappa shape index (κ1) is 12.2. The zero-order chi connectivity index (χ0) is 13.2. The van der Waals surface area contributed by atoms with Gasteiger partial charge in [-0.1, -0.05) is 36.4 Å². The van der Waals surface area contributed by atoms with Crippen LogP contribution in [0.25, 0.3) is 10.8 Å². The van der Waals surface area contributed by atoms with E-state index >= 15 is 0 Å². The van der Waals surface area contributed by atoms with Crippen molar-refractivity contribution in [2.75, 3.05) is 20.2 Å². The van der Waals surface area contributed by atoms with Gasteiger partial charge in [0, 0.05) is 19.6 Å². The monoisotopic (exact) mass is 254 g/mol. The number of ether oxygens (including phenoxy) is 1. The van der Waals surface area contributed by atoms with Gasteiger partial charge in [0.15, 0.2) is 5.90 Å². The summed E-state index contributed by atoms with van der Waals surface area (Å²) in [6, 6.07) is 15.1. The van der Waals surface area contributed by atoms with Crippen molar-refractivity contribution in [3.8, 4) is 0 Å². The highest BCUT2D eigenvalue weighted by Gasteiger charge is 2.30. The Morgan fingerprint density at radius 3 is 2.68 bits per heavy atom. The number of likely N-dealkylation sites (tertiary alicyclic amines) is 1. The fourth-order valence-corrected chi connectivity index (χ4v) is 2.63. The van der Waals surface area contributed by atoms with Crippen LogP contribution in [0, 0.1) is 11.3 Å². The molecule has 3 nitrogen and oxygen atoms in total. The van der Waals surface area contributed by atoms with E-state index < -0.39 is 0 Å². The van der Waals surface area contributed by atoms with E-state index in [1.54, 1.807) is 7.11 Å². The number of nitrogens with zero attached hydrogens (tertiary/aromatic N) is 1. The fourth-order valence-electron chi connectivity index (χ4n) is 2.63. The zero-order valence-electron chi connectivity index (χ0n) is 11.1. The highest BCUT2D eigenvalue weighted by molar-refractivity contribution is 5.83. The molecule has 1 aliphatic rings. The summed E-state index contributed by atoms with van der Waals surface area (Å²) in [6.07, 6.45) is 0. The Morgan fingerprint density at radius 1 is 1.21 bits per heavy atom. The molecule has 1 saturated heterocycles. The van der Waals surface area contributed by atoms with Crippen molar-refractivity contribution in [2.45, 2.75) is 6.54 Å². The molecule has 1 aliphatic heterocycles. The highest BCUT2D eigenvalue weighted by atomic mass is 16.5. The van der Waals surface area contributed by atoms with Crippen LogP contribution in [0.4, 0.5) is 0 Å². The first-order chi connectivity index (χ1) is 9.26. The van der Waals surface area contributed by atoms with Gasteiger partial charge in [0.05, 0.1) is 13.0 Å². The van der Waals surface area contributed by atoms with Gasteiger partial charge in [-0.2, -0.15) is 0 Å². The average molecular weight is 254 g/mol. The number of nitrogens with one attached hydrogen (secondary N) is 1. The minimum absolute atomic E-state index is 0.283. The summed E-state index contributed by atoms with van der Waals surface area (Å²) >= 11 is 0. The Hall–Kier alpha value is -1.87. The van der Waals surface area contributed by atoms with Crippen LogP contribution in [-0.2, 0) is 11.3 Å². The van der Waals surface area contributed by atoms with Crippen molar-refractivity contribution in [3.05, 3.63) is 48.0 Å². The van der Waals surface area contributed by atoms with Gasteiger partial charge in [-0.15, -0.1) is 0 Å². The number of benzene rings is 2. The molecule has 0 radical (unpaired) electrons. The maximum atomic E-state index is 7.62. The third kappa shape index (κ3) is 2.47. The molecule has 1 N–H and O–H groups in total. The van der Waals surface area contributed by atoms with E-state index in [1.165, 1.54) is 16.3 Å². The first-order valence-corrected chi connectivity index (χ1v) is 6.59. The van der Waals surface area contributed by atoms with E-state index in [1.807, 2.05) is 0 Å². The second kappa shape index (κ2) is 5.02. The lowest BCUT2D eigenvalue weighted by atomic mass is 9.98. The second-order valence-electron chi connectivity index (χ2n) is 5.14. The molecule has 0 spiro atoms. The summed E-state index contributed by atoms with van der Waals surface area (Å²) in [5, 5.41) is 10.2. The molecule has 0 aromatic heterocycles. The summed E-state index contributed by atoms with van der Waals surface area (Å²) in [4.78, 5) is 2.35. The van der Waals surface area contributed by atoms with E-state index in [2.05, 4.69) is 47.4 Å². The van der Waals surface area contributed by atoms with Crippen LogP contribution in [0.15, 0.2) is 42.5 Å². The summed E-state index contributed by atoms with van der Waals surface area (Å²) in [5.74, 6) is 0.695. The summed E-state index contributed by atoms with van der Waals surface area (Å²) < 4.78 is 4.97. The quantitative estimate of drug-likeness (QED) is 0.675. The van der Waals surface area contributed by atoms with Crippen molar-refractivity contribution >= 4 is 16.7 Å². The topological polar surface area (TPSA) is 36.3 Å². The molecule has 98 valence electrons. The van der Waals surface area contributed by atoms with Gasteiger partial charge in [-0.3, -0.25) is 10.3 Å². The van der Waals surface area contributed by atoms with Gasteiger partial charge >= 0.3 is 0 Å². The Kier molecular flexibility index (Phi) is 3.22. The third-order valence-corrected chi connectivity index (χ3v) is 3.77. The molecule has 1 heterocycles. The van der Waals surface area contributed by atoms with Crippen molar-refractivity contribution < 1.29 is 4.74 Å². The first-order valence-electron chi connectivity index (χ1n) is 6.59. The molecule has 3 rings (SSSR count). The van der Waals surface area contributed by atoms with Gasteiger partial charge in [-0.25, -0.2) is 0 Å². The minimum Gasteiger partial charge on any atom is -0.484 e. The molecule has 0 unspecified atom stereocenters. The van der Waals surface area contributed by atoms with Crippen molar-refractivity contribution in [1.82, 2.24) is 4.90 Å². The third-order valence-electron chi connectivity index (χ3n) is 3.77. The van der Waals surface area contributed by atoms with Crippen molar-refractivity contribution in [1.29, 1.82) is 5.41 Å². The van der Waals surface area contributed by atoms with Gasteiger partial charge < -0.3 is 4.74 Å². The van der Waals surface area contributed by atoms with E-state index in [0.29, 0.717) is 5.90 Å². The predicted molar refractivity (Wildman–Crippen MR) is 77.5 cm³/mol. The number of rotatable bonds is 3. The van der Waals surface area contributed by atoms with E-state index in [9.17, 15) is 0 Å². The van der Waals surface area contributed by atoms with Crippen LogP contribution in [-0.4, -0.2) is 31.0 Å². The number of fused-ring (bicyclic) bond motifs is 1. The van der Waals surface area contributed by atoms with Crippen molar-refractivity contribution in [3.63, 3.8) is 0 Å². The lowest BCUT2D eigenvalue weighted by Crippen LogP contribution is -2.49.